The third-order valence-corrected chi connectivity index (χ3v) is 4.98. The number of piperidine rings is 1. The van der Waals surface area contributed by atoms with Crippen molar-refractivity contribution < 1.29 is 14.3 Å². The zero-order valence-corrected chi connectivity index (χ0v) is 19.2. The lowest BCUT2D eigenvalue weighted by atomic mass is 9.98. The summed E-state index contributed by atoms with van der Waals surface area (Å²) in [5, 5.41) is 6.30. The van der Waals surface area contributed by atoms with Crippen molar-refractivity contribution >= 4 is 35.2 Å². The number of carbonyl (C=O) groups excluding carboxylic acids is 2. The van der Waals surface area contributed by atoms with Gasteiger partial charge in [-0.3, -0.25) is 21.2 Å². The lowest BCUT2D eigenvalue weighted by Crippen LogP contribution is -2.46. The molecule has 1 saturated heterocycles. The smallest absolute Gasteiger partial charge is 0.396 e. The summed E-state index contributed by atoms with van der Waals surface area (Å²) >= 11 is 0. The average molecular weight is 471 g/mol. The Kier molecular flexibility index (Phi) is 7.91. The summed E-state index contributed by atoms with van der Waals surface area (Å²) in [5.74, 6) is -0.707. The average Bonchev–Trinajstić information content (AvgIpc) is 2.77. The highest BCUT2D eigenvalue weighted by Gasteiger charge is 2.26. The normalized spacial score (nSPS) is 16.6. The SMILES string of the molecule is CC(=NC(C)(N)N)OC(=O)N1CCCC(CNc2cc(Nc3cnccn3)ncc2C(N)=O)C1. The first-order chi connectivity index (χ1) is 16.1. The minimum absolute atomic E-state index is 0.101. The Morgan fingerprint density at radius 1 is 1.26 bits per heavy atom. The number of likely N-dealkylation sites (tertiary alicyclic amines) is 1. The number of primary amides is 1. The van der Waals surface area contributed by atoms with E-state index in [9.17, 15) is 9.59 Å². The Hall–Kier alpha value is -3.84. The van der Waals surface area contributed by atoms with Crippen molar-refractivity contribution in [3.8, 4) is 0 Å². The van der Waals surface area contributed by atoms with Gasteiger partial charge in [-0.2, -0.15) is 0 Å². The van der Waals surface area contributed by atoms with Crippen molar-refractivity contribution in [3.63, 3.8) is 0 Å². The van der Waals surface area contributed by atoms with Gasteiger partial charge in [-0.05, 0) is 25.7 Å². The van der Waals surface area contributed by atoms with Crippen molar-refractivity contribution in [1.29, 1.82) is 0 Å². The van der Waals surface area contributed by atoms with E-state index in [-0.39, 0.29) is 17.4 Å². The van der Waals surface area contributed by atoms with Crippen LogP contribution >= 0.6 is 0 Å². The summed E-state index contributed by atoms with van der Waals surface area (Å²) < 4.78 is 5.27. The number of amides is 2. The minimum Gasteiger partial charge on any atom is -0.396 e. The van der Waals surface area contributed by atoms with Gasteiger partial charge in [-0.25, -0.2) is 19.8 Å². The van der Waals surface area contributed by atoms with E-state index in [1.54, 1.807) is 29.6 Å². The molecule has 0 radical (unpaired) electrons. The van der Waals surface area contributed by atoms with Crippen LogP contribution < -0.4 is 27.8 Å². The Morgan fingerprint density at radius 2 is 2.06 bits per heavy atom. The van der Waals surface area contributed by atoms with Crippen LogP contribution in [0, 0.1) is 5.92 Å². The number of aromatic nitrogens is 3. The van der Waals surface area contributed by atoms with Gasteiger partial charge in [0.25, 0.3) is 5.91 Å². The van der Waals surface area contributed by atoms with E-state index in [0.29, 0.717) is 37.0 Å². The van der Waals surface area contributed by atoms with E-state index in [0.717, 1.165) is 12.8 Å². The molecule has 0 bridgehead atoms. The van der Waals surface area contributed by atoms with E-state index >= 15 is 0 Å². The molecule has 13 heteroatoms. The molecule has 13 nitrogen and oxygen atoms in total. The second-order valence-corrected chi connectivity index (χ2v) is 8.25. The van der Waals surface area contributed by atoms with Gasteiger partial charge in [0.05, 0.1) is 17.4 Å². The Bertz CT molecular complexity index is 1040. The highest BCUT2D eigenvalue weighted by Crippen LogP contribution is 2.23. The summed E-state index contributed by atoms with van der Waals surface area (Å²) in [6.45, 7) is 4.58. The van der Waals surface area contributed by atoms with Gasteiger partial charge < -0.3 is 26.0 Å². The Labute approximate surface area is 197 Å². The van der Waals surface area contributed by atoms with Crippen molar-refractivity contribution in [2.24, 2.45) is 28.1 Å². The molecule has 2 aromatic heterocycles. The molecule has 0 aromatic carbocycles. The first-order valence-electron chi connectivity index (χ1n) is 10.8. The van der Waals surface area contributed by atoms with Crippen molar-refractivity contribution in [2.75, 3.05) is 30.3 Å². The number of nitrogens with one attached hydrogen (secondary N) is 2. The highest BCUT2D eigenvalue weighted by atomic mass is 16.6. The zero-order chi connectivity index (χ0) is 24.7. The minimum atomic E-state index is -1.32. The number of pyridine rings is 1. The molecule has 1 aliphatic rings. The lowest BCUT2D eigenvalue weighted by molar-refractivity contribution is 0.100. The topological polar surface area (TPSA) is 200 Å². The number of aliphatic imine (C=N–C) groups is 1. The van der Waals surface area contributed by atoms with Gasteiger partial charge in [0.15, 0.2) is 11.7 Å². The van der Waals surface area contributed by atoms with Gasteiger partial charge in [0, 0.05) is 51.2 Å². The van der Waals surface area contributed by atoms with Crippen LogP contribution in [0.3, 0.4) is 0 Å². The van der Waals surface area contributed by atoms with Crippen LogP contribution in [-0.2, 0) is 4.74 Å². The van der Waals surface area contributed by atoms with Crippen LogP contribution in [0.5, 0.6) is 0 Å². The van der Waals surface area contributed by atoms with Crippen LogP contribution in [0.2, 0.25) is 0 Å². The van der Waals surface area contributed by atoms with E-state index < -0.39 is 17.8 Å². The molecule has 1 atom stereocenters. The molecule has 0 aliphatic carbocycles. The molecule has 182 valence electrons. The monoisotopic (exact) mass is 470 g/mol. The van der Waals surface area contributed by atoms with Gasteiger partial charge in [0.2, 0.25) is 0 Å². The van der Waals surface area contributed by atoms with Crippen LogP contribution in [-0.4, -0.2) is 63.2 Å². The number of nitrogens with two attached hydrogens (primary N) is 3. The molecule has 2 aromatic rings. The molecule has 0 saturated carbocycles. The second-order valence-electron chi connectivity index (χ2n) is 8.25. The summed E-state index contributed by atoms with van der Waals surface area (Å²) in [5.41, 5.74) is 17.6. The predicted octanol–water partition coefficient (Wildman–Crippen LogP) is 0.984. The van der Waals surface area contributed by atoms with Crippen LogP contribution in [0.1, 0.15) is 37.0 Å². The summed E-state index contributed by atoms with van der Waals surface area (Å²) in [6.07, 6.45) is 7.27. The van der Waals surface area contributed by atoms with Gasteiger partial charge >= 0.3 is 6.09 Å². The molecule has 2 amide bonds. The zero-order valence-electron chi connectivity index (χ0n) is 19.2. The molecule has 1 unspecified atom stereocenters. The number of nitrogens with zero attached hydrogens (tertiary/aromatic N) is 5. The predicted molar refractivity (Wildman–Crippen MR) is 127 cm³/mol. The summed E-state index contributed by atoms with van der Waals surface area (Å²) in [4.78, 5) is 42.3. The summed E-state index contributed by atoms with van der Waals surface area (Å²) in [7, 11) is 0. The maximum absolute atomic E-state index is 12.5. The Balaban J connectivity index is 1.63. The molecule has 1 aliphatic heterocycles. The number of hydrogen-bond acceptors (Lipinski definition) is 11. The molecular weight excluding hydrogens is 440 g/mol. The molecule has 0 spiro atoms. The van der Waals surface area contributed by atoms with Crippen molar-refractivity contribution in [3.05, 3.63) is 36.4 Å². The lowest BCUT2D eigenvalue weighted by Gasteiger charge is -2.32. The fraction of sp³-hybridized carbons (Fsp3) is 0.429. The molecule has 8 N–H and O–H groups in total. The molecule has 1 fully saturated rings. The molecule has 34 heavy (non-hydrogen) atoms. The molecule has 3 rings (SSSR count). The van der Waals surface area contributed by atoms with Gasteiger partial charge in [-0.15, -0.1) is 0 Å². The van der Waals surface area contributed by atoms with Crippen molar-refractivity contribution in [1.82, 2.24) is 19.9 Å². The highest BCUT2D eigenvalue weighted by molar-refractivity contribution is 5.98. The molecule has 3 heterocycles. The van der Waals surface area contributed by atoms with E-state index in [2.05, 4.69) is 30.6 Å². The van der Waals surface area contributed by atoms with Gasteiger partial charge in [-0.1, -0.05) is 0 Å². The van der Waals surface area contributed by atoms with Crippen LogP contribution in [0.4, 0.5) is 22.1 Å². The summed E-state index contributed by atoms with van der Waals surface area (Å²) in [6, 6.07) is 1.68. The van der Waals surface area contributed by atoms with Crippen LogP contribution in [0.15, 0.2) is 35.8 Å². The second kappa shape index (κ2) is 10.9. The third kappa shape index (κ3) is 7.35. The Morgan fingerprint density at radius 3 is 2.74 bits per heavy atom. The first-order valence-corrected chi connectivity index (χ1v) is 10.8. The van der Waals surface area contributed by atoms with Crippen LogP contribution in [0.25, 0.3) is 0 Å². The number of rotatable bonds is 7. The van der Waals surface area contributed by atoms with E-state index in [4.69, 9.17) is 21.9 Å². The number of ether oxygens (including phenoxy) is 1. The van der Waals surface area contributed by atoms with Gasteiger partial charge in [0.1, 0.15) is 11.6 Å². The van der Waals surface area contributed by atoms with Crippen molar-refractivity contribution in [2.45, 2.75) is 32.5 Å². The quantitative estimate of drug-likeness (QED) is 0.221. The standard InChI is InChI=1S/C21H30N10O3/c1-13(30-21(2,23)24)34-20(33)31-7-3-4-14(12-31)9-27-16-8-17(28-10-15(16)19(22)32)29-18-11-25-5-6-26-18/h5-6,8,10-11,14H,3-4,7,9,12,23-24H2,1-2H3,(H2,22,32)(H2,26,27,28,29). The maximum atomic E-state index is 12.5. The fourth-order valence-corrected chi connectivity index (χ4v) is 3.57. The van der Waals surface area contributed by atoms with E-state index in [1.807, 2.05) is 0 Å². The number of anilines is 3. The molecular formula is C21H30N10O3. The number of carbonyl (C=O) groups is 2. The number of hydrogen-bond donors (Lipinski definition) is 5. The fourth-order valence-electron chi connectivity index (χ4n) is 3.57. The van der Waals surface area contributed by atoms with E-state index in [1.165, 1.54) is 20.0 Å². The largest absolute Gasteiger partial charge is 0.416 e. The first kappa shape index (κ1) is 24.8. The maximum Gasteiger partial charge on any atom is 0.416 e. The third-order valence-electron chi connectivity index (χ3n) is 4.98.